The number of amides is 1. The summed E-state index contributed by atoms with van der Waals surface area (Å²) in [4.78, 5) is 24.8. The van der Waals surface area contributed by atoms with Crippen LogP contribution in [0.25, 0.3) is 0 Å². The van der Waals surface area contributed by atoms with Gasteiger partial charge in [0, 0.05) is 24.8 Å². The van der Waals surface area contributed by atoms with Gasteiger partial charge in [-0.25, -0.2) is 0 Å². The minimum absolute atomic E-state index is 0.0792. The first-order valence-electron chi connectivity index (χ1n) is 5.69. The van der Waals surface area contributed by atoms with Gasteiger partial charge in [0.05, 0.1) is 5.92 Å². The second-order valence-electron chi connectivity index (χ2n) is 4.73. The smallest absolute Gasteiger partial charge is 0.308 e. The molecule has 90 valence electrons. The molecule has 2 aliphatic rings. The predicted molar refractivity (Wildman–Crippen MR) is 62.3 cm³/mol. The van der Waals surface area contributed by atoms with Crippen LogP contribution in [0, 0.1) is 17.8 Å². The van der Waals surface area contributed by atoms with E-state index >= 15 is 0 Å². The lowest BCUT2D eigenvalue weighted by Gasteiger charge is -2.19. The number of carboxylic acid groups (broad SMARTS) is 1. The van der Waals surface area contributed by atoms with Crippen molar-refractivity contribution in [3.05, 3.63) is 0 Å². The fraction of sp³-hybridized carbons (Fsp3) is 0.818. The van der Waals surface area contributed by atoms with E-state index < -0.39 is 5.97 Å². The molecule has 0 aromatic carbocycles. The summed E-state index contributed by atoms with van der Waals surface area (Å²) >= 11 is 1.81. The van der Waals surface area contributed by atoms with Crippen molar-refractivity contribution in [3.8, 4) is 0 Å². The van der Waals surface area contributed by atoms with Gasteiger partial charge >= 0.3 is 5.97 Å². The van der Waals surface area contributed by atoms with Gasteiger partial charge in [-0.3, -0.25) is 9.59 Å². The second kappa shape index (κ2) is 4.65. The third-order valence-electron chi connectivity index (χ3n) is 3.52. The Kier molecular flexibility index (Phi) is 3.42. The minimum atomic E-state index is -0.774. The highest BCUT2D eigenvalue weighted by atomic mass is 32.2. The van der Waals surface area contributed by atoms with Crippen molar-refractivity contribution < 1.29 is 14.7 Å². The number of nitrogens with zero attached hydrogens (tertiary/aromatic N) is 1. The average Bonchev–Trinajstić information content (AvgIpc) is 2.84. The van der Waals surface area contributed by atoms with E-state index in [0.29, 0.717) is 13.1 Å². The Labute approximate surface area is 99.4 Å². The maximum absolute atomic E-state index is 12.1. The van der Waals surface area contributed by atoms with E-state index in [0.717, 1.165) is 17.9 Å². The van der Waals surface area contributed by atoms with Crippen molar-refractivity contribution in [2.24, 2.45) is 17.8 Å². The first-order chi connectivity index (χ1) is 7.59. The Balaban J connectivity index is 1.96. The monoisotopic (exact) mass is 243 g/mol. The molecule has 3 unspecified atom stereocenters. The number of thioether (sulfide) groups is 1. The number of likely N-dealkylation sites (tertiary alicyclic amines) is 1. The third kappa shape index (κ3) is 2.19. The average molecular weight is 243 g/mol. The first kappa shape index (κ1) is 11.8. The van der Waals surface area contributed by atoms with Crippen LogP contribution in [0.4, 0.5) is 0 Å². The fourth-order valence-corrected chi connectivity index (χ4v) is 3.67. The quantitative estimate of drug-likeness (QED) is 0.783. The lowest BCUT2D eigenvalue weighted by atomic mass is 9.99. The number of carbonyl (C=O) groups excluding carboxylic acids is 1. The van der Waals surface area contributed by atoms with Gasteiger partial charge in [0.15, 0.2) is 0 Å². The number of hydrogen-bond acceptors (Lipinski definition) is 3. The van der Waals surface area contributed by atoms with Gasteiger partial charge in [-0.05, 0) is 18.1 Å². The third-order valence-corrected chi connectivity index (χ3v) is 4.68. The molecule has 3 atom stereocenters. The molecule has 2 heterocycles. The SMILES string of the molecule is CC1CN(C(=O)C2CCSC2)CC1C(=O)O. The Hall–Kier alpha value is -0.710. The van der Waals surface area contributed by atoms with Crippen molar-refractivity contribution in [1.29, 1.82) is 0 Å². The summed E-state index contributed by atoms with van der Waals surface area (Å²) < 4.78 is 0. The van der Waals surface area contributed by atoms with Crippen LogP contribution in [0.15, 0.2) is 0 Å². The summed E-state index contributed by atoms with van der Waals surface area (Å²) in [6.45, 7) is 2.92. The zero-order chi connectivity index (χ0) is 11.7. The molecule has 0 aromatic rings. The molecule has 0 aliphatic carbocycles. The fourth-order valence-electron chi connectivity index (χ4n) is 2.46. The molecular weight excluding hydrogens is 226 g/mol. The van der Waals surface area contributed by atoms with E-state index in [1.807, 2.05) is 18.7 Å². The molecule has 0 radical (unpaired) electrons. The number of rotatable bonds is 2. The van der Waals surface area contributed by atoms with Crippen LogP contribution in [0.1, 0.15) is 13.3 Å². The standard InChI is InChI=1S/C11H17NO3S/c1-7-4-12(5-9(7)11(14)15)10(13)8-2-3-16-6-8/h7-9H,2-6H2,1H3,(H,14,15). The van der Waals surface area contributed by atoms with Gasteiger partial charge in [0.2, 0.25) is 5.91 Å². The highest BCUT2D eigenvalue weighted by Gasteiger charge is 2.39. The molecule has 2 rings (SSSR count). The molecular formula is C11H17NO3S. The van der Waals surface area contributed by atoms with E-state index in [1.54, 1.807) is 4.90 Å². The molecule has 0 aromatic heterocycles. The van der Waals surface area contributed by atoms with Crippen LogP contribution < -0.4 is 0 Å². The molecule has 0 bridgehead atoms. The highest BCUT2D eigenvalue weighted by Crippen LogP contribution is 2.29. The zero-order valence-corrected chi connectivity index (χ0v) is 10.2. The largest absolute Gasteiger partial charge is 0.481 e. The van der Waals surface area contributed by atoms with E-state index in [4.69, 9.17) is 5.11 Å². The predicted octanol–water partition coefficient (Wildman–Crippen LogP) is 0.919. The molecule has 1 N–H and O–H groups in total. The Morgan fingerprint density at radius 1 is 1.38 bits per heavy atom. The summed E-state index contributed by atoms with van der Waals surface area (Å²) in [5.41, 5.74) is 0. The van der Waals surface area contributed by atoms with Crippen molar-refractivity contribution in [1.82, 2.24) is 4.90 Å². The maximum Gasteiger partial charge on any atom is 0.308 e. The molecule has 2 aliphatic heterocycles. The molecule has 16 heavy (non-hydrogen) atoms. The number of hydrogen-bond donors (Lipinski definition) is 1. The molecule has 2 saturated heterocycles. The van der Waals surface area contributed by atoms with Crippen LogP contribution in [0.5, 0.6) is 0 Å². The van der Waals surface area contributed by atoms with Crippen molar-refractivity contribution in [2.45, 2.75) is 13.3 Å². The highest BCUT2D eigenvalue weighted by molar-refractivity contribution is 7.99. The molecule has 4 nitrogen and oxygen atoms in total. The van der Waals surface area contributed by atoms with Crippen LogP contribution in [0.3, 0.4) is 0 Å². The van der Waals surface area contributed by atoms with Crippen LogP contribution >= 0.6 is 11.8 Å². The lowest BCUT2D eigenvalue weighted by molar-refractivity contribution is -0.142. The molecule has 1 amide bonds. The van der Waals surface area contributed by atoms with Crippen LogP contribution in [0.2, 0.25) is 0 Å². The minimum Gasteiger partial charge on any atom is -0.481 e. The Bertz CT molecular complexity index is 302. The molecule has 0 saturated carbocycles. The van der Waals surface area contributed by atoms with Crippen LogP contribution in [-0.2, 0) is 9.59 Å². The van der Waals surface area contributed by atoms with E-state index in [9.17, 15) is 9.59 Å². The number of aliphatic carboxylic acids is 1. The molecule has 2 fully saturated rings. The Morgan fingerprint density at radius 2 is 2.12 bits per heavy atom. The van der Waals surface area contributed by atoms with Gasteiger partial charge < -0.3 is 10.0 Å². The van der Waals surface area contributed by atoms with Crippen molar-refractivity contribution in [2.75, 3.05) is 24.6 Å². The molecule has 5 heteroatoms. The van der Waals surface area contributed by atoms with Crippen LogP contribution in [-0.4, -0.2) is 46.5 Å². The summed E-state index contributed by atoms with van der Waals surface area (Å²) in [7, 11) is 0. The first-order valence-corrected chi connectivity index (χ1v) is 6.84. The normalized spacial score (nSPS) is 34.3. The summed E-state index contributed by atoms with van der Waals surface area (Å²) in [5, 5.41) is 9.01. The van der Waals surface area contributed by atoms with Crippen molar-refractivity contribution in [3.63, 3.8) is 0 Å². The summed E-state index contributed by atoms with van der Waals surface area (Å²) in [6.07, 6.45) is 0.951. The maximum atomic E-state index is 12.1. The van der Waals surface area contributed by atoms with Crippen molar-refractivity contribution >= 4 is 23.6 Å². The van der Waals surface area contributed by atoms with Gasteiger partial charge in [0.25, 0.3) is 0 Å². The van der Waals surface area contributed by atoms with Gasteiger partial charge in [0.1, 0.15) is 0 Å². The summed E-state index contributed by atoms with van der Waals surface area (Å²) in [5.74, 6) is 1.19. The lowest BCUT2D eigenvalue weighted by Crippen LogP contribution is -2.35. The Morgan fingerprint density at radius 3 is 2.62 bits per heavy atom. The number of carboxylic acids is 1. The molecule has 0 spiro atoms. The van der Waals surface area contributed by atoms with Gasteiger partial charge in [-0.15, -0.1) is 0 Å². The van der Waals surface area contributed by atoms with Gasteiger partial charge in [-0.2, -0.15) is 11.8 Å². The van der Waals surface area contributed by atoms with E-state index in [2.05, 4.69) is 0 Å². The van der Waals surface area contributed by atoms with E-state index in [1.165, 1.54) is 0 Å². The second-order valence-corrected chi connectivity index (χ2v) is 5.88. The van der Waals surface area contributed by atoms with Gasteiger partial charge in [-0.1, -0.05) is 6.92 Å². The zero-order valence-electron chi connectivity index (χ0n) is 9.39. The van der Waals surface area contributed by atoms with E-state index in [-0.39, 0.29) is 23.7 Å². The summed E-state index contributed by atoms with van der Waals surface area (Å²) in [6, 6.07) is 0. The topological polar surface area (TPSA) is 57.6 Å². The number of carbonyl (C=O) groups is 2.